The second-order valence-electron chi connectivity index (χ2n) is 16.7. The Balaban J connectivity index is 1.15. The Kier molecular flexibility index (Phi) is 14.0. The first-order valence-corrected chi connectivity index (χ1v) is 23.4. The molecule has 67 heavy (non-hydrogen) atoms. The molecule has 16 heteroatoms. The number of carbonyl (C=O) groups excluding carboxylic acids is 1. The van der Waals surface area contributed by atoms with Gasteiger partial charge in [-0.15, -0.1) is 11.3 Å². The minimum Gasteiger partial charge on any atom is -0.493 e. The zero-order valence-electron chi connectivity index (χ0n) is 37.7. The van der Waals surface area contributed by atoms with E-state index < -0.39 is 17.9 Å². The molecule has 346 valence electrons. The molecule has 0 N–H and O–H groups in total. The lowest BCUT2D eigenvalue weighted by atomic mass is 9.94. The molecule has 0 radical (unpaired) electrons. The number of halogens is 3. The van der Waals surface area contributed by atoms with Gasteiger partial charge in [0.2, 0.25) is 12.0 Å². The van der Waals surface area contributed by atoms with Crippen molar-refractivity contribution in [3.63, 3.8) is 0 Å². The van der Waals surface area contributed by atoms with Gasteiger partial charge in [0, 0.05) is 80.4 Å². The van der Waals surface area contributed by atoms with Crippen molar-refractivity contribution in [2.24, 2.45) is 0 Å². The van der Waals surface area contributed by atoms with Gasteiger partial charge in [-0.25, -0.2) is 33.5 Å². The SMILES string of the molecule is CCOC(=O)[C@H]1Cc2cc(ccc2OCc2ccnc(-c3cccc(F)c3OC)n2)CN(CCN2CCN(C)CC2)Cc2ccc(c(C)c2Cl)-c2c(-c3ccc(F)cc3)sc3ncnc(c23)O1. The van der Waals surface area contributed by atoms with Gasteiger partial charge in [0.15, 0.2) is 17.4 Å². The molecule has 3 aliphatic heterocycles. The van der Waals surface area contributed by atoms with E-state index in [0.717, 1.165) is 77.5 Å². The first-order chi connectivity index (χ1) is 32.6. The molecule has 3 aromatic heterocycles. The highest BCUT2D eigenvalue weighted by molar-refractivity contribution is 7.22. The van der Waals surface area contributed by atoms with Crippen molar-refractivity contribution < 1.29 is 32.5 Å². The van der Waals surface area contributed by atoms with Crippen molar-refractivity contribution in [2.75, 3.05) is 60.0 Å². The van der Waals surface area contributed by atoms with E-state index >= 15 is 0 Å². The van der Waals surface area contributed by atoms with Crippen LogP contribution >= 0.6 is 22.9 Å². The van der Waals surface area contributed by atoms with Gasteiger partial charge < -0.3 is 23.8 Å². The number of para-hydroxylation sites is 1. The summed E-state index contributed by atoms with van der Waals surface area (Å²) in [5, 5.41) is 1.23. The summed E-state index contributed by atoms with van der Waals surface area (Å²) in [4.78, 5) is 41.3. The first-order valence-electron chi connectivity index (χ1n) is 22.2. The van der Waals surface area contributed by atoms with Crippen molar-refractivity contribution in [3.8, 4) is 50.3 Å². The van der Waals surface area contributed by atoms with Crippen LogP contribution in [0.4, 0.5) is 8.78 Å². The number of methoxy groups -OCH3 is 1. The van der Waals surface area contributed by atoms with Crippen LogP contribution in [0.2, 0.25) is 5.02 Å². The van der Waals surface area contributed by atoms with E-state index in [0.29, 0.717) is 50.9 Å². The van der Waals surface area contributed by atoms with Crippen LogP contribution in [-0.2, 0) is 35.6 Å². The number of fused-ring (bicyclic) bond motifs is 6. The van der Waals surface area contributed by atoms with Gasteiger partial charge in [0.1, 0.15) is 29.3 Å². The van der Waals surface area contributed by atoms with Crippen molar-refractivity contribution in [3.05, 3.63) is 136 Å². The third-order valence-electron chi connectivity index (χ3n) is 12.3. The third kappa shape index (κ3) is 10.1. The summed E-state index contributed by atoms with van der Waals surface area (Å²) in [5.74, 6) is -0.438. The Hall–Kier alpha value is -6.10. The fourth-order valence-electron chi connectivity index (χ4n) is 8.68. The van der Waals surface area contributed by atoms with Crippen LogP contribution < -0.4 is 14.2 Å². The molecule has 1 saturated heterocycles. The van der Waals surface area contributed by atoms with Crippen molar-refractivity contribution >= 4 is 39.1 Å². The van der Waals surface area contributed by atoms with E-state index in [2.05, 4.69) is 54.9 Å². The summed E-state index contributed by atoms with van der Waals surface area (Å²) < 4.78 is 53.4. The Morgan fingerprint density at radius 1 is 0.910 bits per heavy atom. The Bertz CT molecular complexity index is 2910. The largest absolute Gasteiger partial charge is 0.493 e. The molecular weight excluding hydrogens is 896 g/mol. The summed E-state index contributed by atoms with van der Waals surface area (Å²) in [6, 6.07) is 22.8. The predicted molar refractivity (Wildman–Crippen MR) is 256 cm³/mol. The van der Waals surface area contributed by atoms with Crippen molar-refractivity contribution in [1.82, 2.24) is 34.6 Å². The normalized spacial score (nSPS) is 16.0. The van der Waals surface area contributed by atoms with Crippen LogP contribution in [0.25, 0.3) is 43.2 Å². The molecule has 3 aliphatic rings. The van der Waals surface area contributed by atoms with Crippen molar-refractivity contribution in [1.29, 1.82) is 0 Å². The second kappa shape index (κ2) is 20.4. The minimum atomic E-state index is -1.17. The number of nitrogens with zero attached hydrogens (tertiary/aromatic N) is 7. The number of ether oxygens (including phenoxy) is 4. The molecule has 12 nitrogen and oxygen atoms in total. The predicted octanol–water partition coefficient (Wildman–Crippen LogP) is 9.43. The summed E-state index contributed by atoms with van der Waals surface area (Å²) in [7, 11) is 3.56. The standard InChI is InChI=1S/C51H50ClF2N7O5S/c1-5-64-51(62)42-26-35-25-32(9-16-41(35)65-29-37-17-18-55-48(58-37)39-7-6-8-40(54)46(39)63-4)27-61(24-23-60-21-19-59(3)20-22-60)28-34-12-15-38(31(2)45(34)52)43-44-49(66-42)56-30-57-50(44)67-47(43)33-10-13-36(53)14-11-33/h6-18,25,30,42H,5,19-24,26-29H2,1-4H3/t42-/m1/s1. The van der Waals surface area contributed by atoms with E-state index in [4.69, 9.17) is 35.5 Å². The highest BCUT2D eigenvalue weighted by atomic mass is 35.5. The number of hydrogen-bond donors (Lipinski definition) is 0. The van der Waals surface area contributed by atoms with E-state index in [9.17, 15) is 13.6 Å². The second-order valence-corrected chi connectivity index (χ2v) is 18.1. The topological polar surface area (TPSA) is 115 Å². The number of piperazine rings is 1. The van der Waals surface area contributed by atoms with Gasteiger partial charge in [0.25, 0.3) is 0 Å². The van der Waals surface area contributed by atoms with Crippen molar-refractivity contribution in [2.45, 2.75) is 46.1 Å². The fourth-order valence-corrected chi connectivity index (χ4v) is 10.1. The van der Waals surface area contributed by atoms with Crippen LogP contribution in [0, 0.1) is 18.6 Å². The molecule has 0 saturated carbocycles. The lowest BCUT2D eigenvalue weighted by molar-refractivity contribution is -0.151. The van der Waals surface area contributed by atoms with Gasteiger partial charge >= 0.3 is 5.97 Å². The Morgan fingerprint density at radius 3 is 2.51 bits per heavy atom. The highest BCUT2D eigenvalue weighted by Gasteiger charge is 2.30. The number of thiophene rings is 1. The molecule has 0 unspecified atom stereocenters. The van der Waals surface area contributed by atoms with Crippen LogP contribution in [-0.4, -0.2) is 107 Å². The average Bonchev–Trinajstić information content (AvgIpc) is 3.72. The molecule has 6 heterocycles. The van der Waals surface area contributed by atoms with E-state index in [1.54, 1.807) is 43.5 Å². The summed E-state index contributed by atoms with van der Waals surface area (Å²) in [6.07, 6.45) is 1.90. The minimum absolute atomic E-state index is 0.0337. The number of likely N-dealkylation sites (N-methyl/N-ethyl adjacent to an activating group) is 1. The first kappa shape index (κ1) is 46.0. The van der Waals surface area contributed by atoms with Gasteiger partial charge in [-0.1, -0.05) is 54.1 Å². The third-order valence-corrected chi connectivity index (χ3v) is 13.9. The zero-order valence-corrected chi connectivity index (χ0v) is 39.3. The molecule has 1 atom stereocenters. The molecule has 0 amide bonds. The van der Waals surface area contributed by atoms with Crippen LogP contribution in [0.3, 0.4) is 0 Å². The number of carbonyl (C=O) groups is 1. The molecule has 10 rings (SSSR count). The van der Waals surface area contributed by atoms with Gasteiger partial charge in [0.05, 0.1) is 30.4 Å². The van der Waals surface area contributed by atoms with E-state index in [1.165, 1.54) is 43.0 Å². The maximum Gasteiger partial charge on any atom is 0.347 e. The highest BCUT2D eigenvalue weighted by Crippen LogP contribution is 2.49. The Labute approximate surface area is 397 Å². The van der Waals surface area contributed by atoms with Crippen LogP contribution in [0.5, 0.6) is 17.4 Å². The van der Waals surface area contributed by atoms with Gasteiger partial charge in [-0.05, 0) is 90.7 Å². The van der Waals surface area contributed by atoms with Gasteiger partial charge in [-0.3, -0.25) is 9.80 Å². The lowest BCUT2D eigenvalue weighted by Gasteiger charge is -2.34. The summed E-state index contributed by atoms with van der Waals surface area (Å²) >= 11 is 8.84. The molecule has 0 aliphatic carbocycles. The fraction of sp³-hybridized carbons (Fsp3) is 0.314. The van der Waals surface area contributed by atoms with Gasteiger partial charge in [-0.2, -0.15) is 0 Å². The number of rotatable bonds is 11. The summed E-state index contributed by atoms with van der Waals surface area (Å²) in [6.45, 7) is 10.7. The average molecular weight is 947 g/mol. The van der Waals surface area contributed by atoms with Crippen LogP contribution in [0.15, 0.2) is 91.4 Å². The molecule has 4 aromatic carbocycles. The lowest BCUT2D eigenvalue weighted by Crippen LogP contribution is -2.46. The number of esters is 1. The maximum atomic E-state index is 14.7. The van der Waals surface area contributed by atoms with Crippen LogP contribution in [0.1, 0.15) is 34.9 Å². The zero-order chi connectivity index (χ0) is 46.6. The molecule has 0 spiro atoms. The quantitative estimate of drug-likeness (QED) is 0.115. The maximum absolute atomic E-state index is 14.7. The Morgan fingerprint density at radius 2 is 1.72 bits per heavy atom. The molecule has 4 bridgehead atoms. The summed E-state index contributed by atoms with van der Waals surface area (Å²) in [5.41, 5.74) is 6.86. The molecular formula is C51H50ClF2N7O5S. The number of aromatic nitrogens is 4. The van der Waals surface area contributed by atoms with E-state index in [1.807, 2.05) is 19.1 Å². The molecule has 1 fully saturated rings. The number of hydrogen-bond acceptors (Lipinski definition) is 13. The smallest absolute Gasteiger partial charge is 0.347 e. The number of benzene rings is 4. The monoisotopic (exact) mass is 945 g/mol. The van der Waals surface area contributed by atoms with E-state index in [-0.39, 0.29) is 42.9 Å². The molecule has 7 aromatic rings.